The van der Waals surface area contributed by atoms with Crippen LogP contribution in [-0.2, 0) is 0 Å². The van der Waals surface area contributed by atoms with E-state index in [-0.39, 0.29) is 0 Å². The standard InChI is InChI=1S/C70H44N4S2/c1-5-17-47(18-6-1)71(51-31-35-65-59(41-51)55-25-13-15-27-63(55)73(65)49-21-9-3-10-22-49)53-29-33-57-61-37-45-40-68-62(38-46(45)39-67(61)75-69(57)43-53)58-34-30-54(44-70(58)76-68)72(48-19-7-2-8-20-48)52-32-36-66-60(42-52)56-26-14-16-28-64(56)74(66)50-23-11-4-12-24-50/h1-44H. The van der Waals surface area contributed by atoms with E-state index in [0.717, 1.165) is 45.5 Å². The zero-order chi connectivity index (χ0) is 49.8. The van der Waals surface area contributed by atoms with E-state index in [0.29, 0.717) is 0 Å². The second-order valence-corrected chi connectivity index (χ2v) is 21.9. The third-order valence-electron chi connectivity index (χ3n) is 15.4. The largest absolute Gasteiger partial charge is 0.310 e. The maximum absolute atomic E-state index is 2.42. The molecule has 4 aromatic heterocycles. The van der Waals surface area contributed by atoms with Crippen molar-refractivity contribution in [3.05, 3.63) is 267 Å². The van der Waals surface area contributed by atoms with Crippen LogP contribution in [0.3, 0.4) is 0 Å². The van der Waals surface area contributed by atoms with Crippen LogP contribution in [-0.4, -0.2) is 9.13 Å². The Labute approximate surface area is 446 Å². The molecule has 16 rings (SSSR count). The number of hydrogen-bond acceptors (Lipinski definition) is 4. The molecule has 0 saturated carbocycles. The minimum Gasteiger partial charge on any atom is -0.310 e. The summed E-state index contributed by atoms with van der Waals surface area (Å²) >= 11 is 3.77. The van der Waals surface area contributed by atoms with Gasteiger partial charge in [0, 0.05) is 107 Å². The lowest BCUT2D eigenvalue weighted by Crippen LogP contribution is -2.09. The lowest BCUT2D eigenvalue weighted by atomic mass is 10.0. The molecule has 0 atom stereocenters. The van der Waals surface area contributed by atoms with E-state index >= 15 is 0 Å². The number of fused-ring (bicyclic) bond motifs is 13. The summed E-state index contributed by atoms with van der Waals surface area (Å²) in [5.41, 5.74) is 13.9. The second-order valence-electron chi connectivity index (χ2n) is 19.7. The molecule has 4 heterocycles. The Morgan fingerprint density at radius 3 is 1.00 bits per heavy atom. The molecular formula is C70H44N4S2. The van der Waals surface area contributed by atoms with Crippen molar-refractivity contribution in [2.24, 2.45) is 0 Å². The van der Waals surface area contributed by atoms with Crippen molar-refractivity contribution in [3.63, 3.8) is 0 Å². The molecule has 0 aliphatic carbocycles. The van der Waals surface area contributed by atoms with E-state index in [1.165, 1.54) is 94.7 Å². The minimum atomic E-state index is 1.12. The van der Waals surface area contributed by atoms with Crippen molar-refractivity contribution in [3.8, 4) is 11.4 Å². The summed E-state index contributed by atoms with van der Waals surface area (Å²) in [7, 11) is 0. The van der Waals surface area contributed by atoms with Gasteiger partial charge in [-0.05, 0) is 156 Å². The van der Waals surface area contributed by atoms with Gasteiger partial charge in [0.15, 0.2) is 0 Å². The molecule has 0 aliphatic rings. The molecule has 4 nitrogen and oxygen atoms in total. The van der Waals surface area contributed by atoms with Crippen LogP contribution >= 0.6 is 22.7 Å². The van der Waals surface area contributed by atoms with Crippen molar-refractivity contribution in [2.45, 2.75) is 0 Å². The van der Waals surface area contributed by atoms with Crippen molar-refractivity contribution in [2.75, 3.05) is 9.80 Å². The van der Waals surface area contributed by atoms with Crippen LogP contribution < -0.4 is 9.80 Å². The molecule has 0 N–H and O–H groups in total. The van der Waals surface area contributed by atoms with Crippen molar-refractivity contribution >= 4 is 152 Å². The lowest BCUT2D eigenvalue weighted by molar-refractivity contribution is 1.18. The molecule has 356 valence electrons. The Morgan fingerprint density at radius 1 is 0.224 bits per heavy atom. The van der Waals surface area contributed by atoms with Gasteiger partial charge in [0.05, 0.1) is 22.1 Å². The van der Waals surface area contributed by atoms with Gasteiger partial charge in [0.25, 0.3) is 0 Å². The quantitative estimate of drug-likeness (QED) is 0.151. The summed E-state index contributed by atoms with van der Waals surface area (Å²) in [5.74, 6) is 0. The lowest BCUT2D eigenvalue weighted by Gasteiger charge is -2.25. The predicted octanol–water partition coefficient (Wildman–Crippen LogP) is 20.7. The Bertz CT molecular complexity index is 4620. The molecule has 76 heavy (non-hydrogen) atoms. The molecule has 0 radical (unpaired) electrons. The fourth-order valence-electron chi connectivity index (χ4n) is 12.0. The maximum atomic E-state index is 2.42. The fourth-order valence-corrected chi connectivity index (χ4v) is 14.3. The molecule has 0 aliphatic heterocycles. The third kappa shape index (κ3) is 6.75. The number of rotatable bonds is 8. The highest BCUT2D eigenvalue weighted by Crippen LogP contribution is 2.47. The number of para-hydroxylation sites is 6. The van der Waals surface area contributed by atoms with Gasteiger partial charge < -0.3 is 18.9 Å². The molecule has 0 fully saturated rings. The summed E-state index contributed by atoms with van der Waals surface area (Å²) in [6.07, 6.45) is 0. The van der Waals surface area contributed by atoms with Crippen LogP contribution in [0.5, 0.6) is 0 Å². The minimum absolute atomic E-state index is 1.12. The van der Waals surface area contributed by atoms with Crippen molar-refractivity contribution in [1.29, 1.82) is 0 Å². The first-order valence-corrected chi connectivity index (χ1v) is 27.4. The fraction of sp³-hybridized carbons (Fsp3) is 0. The smallest absolute Gasteiger partial charge is 0.0542 e. The Morgan fingerprint density at radius 2 is 0.566 bits per heavy atom. The number of thiophene rings is 2. The first kappa shape index (κ1) is 43.0. The SMILES string of the molecule is c1ccc(N(c2ccc3c(c2)sc2cc4cc5c(cc4cc23)sc2cc(N(c3ccccc3)c3ccc4c(c3)c3ccccc3n4-c3ccccc3)ccc25)c2ccc3c(c2)c2ccccc2n3-c2ccccc2)cc1. The molecule has 0 unspecified atom stereocenters. The molecular weight excluding hydrogens is 961 g/mol. The van der Waals surface area contributed by atoms with E-state index in [9.17, 15) is 0 Å². The van der Waals surface area contributed by atoms with Gasteiger partial charge in [-0.25, -0.2) is 0 Å². The summed E-state index contributed by atoms with van der Waals surface area (Å²) in [6.45, 7) is 0. The van der Waals surface area contributed by atoms with E-state index in [4.69, 9.17) is 0 Å². The third-order valence-corrected chi connectivity index (χ3v) is 17.6. The average molecular weight is 1010 g/mol. The van der Waals surface area contributed by atoms with Crippen LogP contribution in [0.2, 0.25) is 0 Å². The monoisotopic (exact) mass is 1000 g/mol. The number of hydrogen-bond donors (Lipinski definition) is 0. The van der Waals surface area contributed by atoms with Gasteiger partial charge >= 0.3 is 0 Å². The zero-order valence-corrected chi connectivity index (χ0v) is 42.6. The Kier molecular flexibility index (Phi) is 9.64. The van der Waals surface area contributed by atoms with E-state index in [1.807, 2.05) is 22.7 Å². The second kappa shape index (κ2) is 17.0. The average Bonchev–Trinajstić information content (AvgIpc) is 4.25. The van der Waals surface area contributed by atoms with Gasteiger partial charge in [-0.15, -0.1) is 22.7 Å². The van der Waals surface area contributed by atoms with Crippen LogP contribution in [0.4, 0.5) is 34.1 Å². The van der Waals surface area contributed by atoms with Crippen LogP contribution in [0.15, 0.2) is 267 Å². The topological polar surface area (TPSA) is 16.3 Å². The molecule has 0 spiro atoms. The first-order valence-electron chi connectivity index (χ1n) is 25.8. The Hall–Kier alpha value is -9.46. The molecule has 12 aromatic carbocycles. The first-order chi connectivity index (χ1) is 37.7. The van der Waals surface area contributed by atoms with E-state index in [2.05, 4.69) is 286 Å². The summed E-state index contributed by atoms with van der Waals surface area (Å²) in [5, 5.41) is 12.6. The molecule has 16 aromatic rings. The van der Waals surface area contributed by atoms with Gasteiger partial charge in [-0.1, -0.05) is 121 Å². The summed E-state index contributed by atoms with van der Waals surface area (Å²) < 4.78 is 9.90. The highest BCUT2D eigenvalue weighted by molar-refractivity contribution is 7.26. The molecule has 0 saturated heterocycles. The van der Waals surface area contributed by atoms with Gasteiger partial charge in [0.1, 0.15) is 0 Å². The predicted molar refractivity (Wildman–Crippen MR) is 328 cm³/mol. The van der Waals surface area contributed by atoms with Crippen molar-refractivity contribution < 1.29 is 0 Å². The van der Waals surface area contributed by atoms with E-state index < -0.39 is 0 Å². The molecule has 0 amide bonds. The van der Waals surface area contributed by atoms with Crippen molar-refractivity contribution in [1.82, 2.24) is 9.13 Å². The van der Waals surface area contributed by atoms with Crippen LogP contribution in [0.1, 0.15) is 0 Å². The van der Waals surface area contributed by atoms with Gasteiger partial charge in [0.2, 0.25) is 0 Å². The summed E-state index contributed by atoms with van der Waals surface area (Å²) in [4.78, 5) is 4.81. The highest BCUT2D eigenvalue weighted by atomic mass is 32.1. The Balaban J connectivity index is 0.785. The van der Waals surface area contributed by atoms with Gasteiger partial charge in [-0.3, -0.25) is 0 Å². The molecule has 0 bridgehead atoms. The molecule has 6 heteroatoms. The number of aromatic nitrogens is 2. The van der Waals surface area contributed by atoms with Crippen LogP contribution in [0, 0.1) is 0 Å². The number of nitrogens with zero attached hydrogens (tertiary/aromatic N) is 4. The summed E-state index contributed by atoms with van der Waals surface area (Å²) in [6, 6.07) is 98.0. The highest BCUT2D eigenvalue weighted by Gasteiger charge is 2.21. The number of benzene rings is 12. The van der Waals surface area contributed by atoms with E-state index in [1.54, 1.807) is 0 Å². The zero-order valence-electron chi connectivity index (χ0n) is 41.0. The van der Waals surface area contributed by atoms with Crippen LogP contribution in [0.25, 0.3) is 106 Å². The maximum Gasteiger partial charge on any atom is 0.0542 e. The normalized spacial score (nSPS) is 11.9. The number of anilines is 6. The van der Waals surface area contributed by atoms with Gasteiger partial charge in [-0.2, -0.15) is 0 Å².